The van der Waals surface area contributed by atoms with E-state index >= 15 is 0 Å². The Labute approximate surface area is 157 Å². The SMILES string of the molecule is COc1ccccc1C(C)N(C)C(=O)CN1CCC(N)C(C)(C)C1.Cl. The maximum Gasteiger partial charge on any atom is 0.236 e. The summed E-state index contributed by atoms with van der Waals surface area (Å²) in [7, 11) is 3.52. The average molecular weight is 370 g/mol. The molecule has 1 heterocycles. The number of nitrogens with zero attached hydrogens (tertiary/aromatic N) is 2. The molecule has 6 heteroatoms. The number of halogens is 1. The Morgan fingerprint density at radius 3 is 2.68 bits per heavy atom. The molecule has 142 valence electrons. The Kier molecular flexibility index (Phi) is 7.72. The van der Waals surface area contributed by atoms with E-state index in [2.05, 4.69) is 18.7 Å². The van der Waals surface area contributed by atoms with Gasteiger partial charge in [0, 0.05) is 31.7 Å². The van der Waals surface area contributed by atoms with Gasteiger partial charge in [-0.05, 0) is 24.8 Å². The molecule has 1 aliphatic heterocycles. The Balaban J connectivity index is 0.00000312. The molecule has 1 aromatic rings. The van der Waals surface area contributed by atoms with E-state index in [1.807, 2.05) is 38.2 Å². The summed E-state index contributed by atoms with van der Waals surface area (Å²) in [5, 5.41) is 0. The van der Waals surface area contributed by atoms with Crippen LogP contribution in [0.25, 0.3) is 0 Å². The zero-order valence-electron chi connectivity index (χ0n) is 16.0. The fourth-order valence-electron chi connectivity index (χ4n) is 3.36. The number of ether oxygens (including phenoxy) is 1. The monoisotopic (exact) mass is 369 g/mol. The van der Waals surface area contributed by atoms with Crippen LogP contribution in [0.1, 0.15) is 38.8 Å². The van der Waals surface area contributed by atoms with Gasteiger partial charge in [-0.25, -0.2) is 0 Å². The van der Waals surface area contributed by atoms with E-state index in [1.165, 1.54) is 0 Å². The first-order valence-electron chi connectivity index (χ1n) is 8.62. The maximum atomic E-state index is 12.7. The van der Waals surface area contributed by atoms with Gasteiger partial charge in [0.2, 0.25) is 5.91 Å². The molecular formula is C19H32ClN3O2. The number of hydrogen-bond acceptors (Lipinski definition) is 4. The molecular weight excluding hydrogens is 338 g/mol. The smallest absolute Gasteiger partial charge is 0.236 e. The van der Waals surface area contributed by atoms with Crippen molar-refractivity contribution in [2.45, 2.75) is 39.3 Å². The summed E-state index contributed by atoms with van der Waals surface area (Å²) in [5.74, 6) is 0.939. The molecule has 1 fully saturated rings. The number of likely N-dealkylation sites (tertiary alicyclic amines) is 1. The van der Waals surface area contributed by atoms with Crippen molar-refractivity contribution in [3.05, 3.63) is 29.8 Å². The van der Waals surface area contributed by atoms with E-state index in [0.29, 0.717) is 6.54 Å². The second-order valence-corrected chi connectivity index (χ2v) is 7.52. The lowest BCUT2D eigenvalue weighted by atomic mass is 9.80. The first-order valence-corrected chi connectivity index (χ1v) is 8.62. The number of likely N-dealkylation sites (N-methyl/N-ethyl adjacent to an activating group) is 1. The molecule has 2 atom stereocenters. The molecule has 1 saturated heterocycles. The van der Waals surface area contributed by atoms with E-state index < -0.39 is 0 Å². The topological polar surface area (TPSA) is 58.8 Å². The van der Waals surface area contributed by atoms with Crippen LogP contribution in [0.15, 0.2) is 24.3 Å². The van der Waals surface area contributed by atoms with Crippen molar-refractivity contribution in [1.29, 1.82) is 0 Å². The van der Waals surface area contributed by atoms with Crippen molar-refractivity contribution in [2.24, 2.45) is 11.1 Å². The van der Waals surface area contributed by atoms with E-state index in [1.54, 1.807) is 12.0 Å². The van der Waals surface area contributed by atoms with Gasteiger partial charge in [-0.1, -0.05) is 32.0 Å². The molecule has 2 unspecified atom stereocenters. The van der Waals surface area contributed by atoms with Crippen molar-refractivity contribution < 1.29 is 9.53 Å². The molecule has 2 rings (SSSR count). The summed E-state index contributed by atoms with van der Waals surface area (Å²) in [6.45, 7) is 8.56. The third-order valence-corrected chi connectivity index (χ3v) is 5.31. The van der Waals surface area contributed by atoms with E-state index in [4.69, 9.17) is 10.5 Å². The van der Waals surface area contributed by atoms with Crippen LogP contribution in [-0.4, -0.2) is 55.5 Å². The third-order valence-electron chi connectivity index (χ3n) is 5.31. The van der Waals surface area contributed by atoms with Gasteiger partial charge in [0.15, 0.2) is 0 Å². The number of methoxy groups -OCH3 is 1. The molecule has 0 aliphatic carbocycles. The second kappa shape index (κ2) is 8.88. The molecule has 0 aromatic heterocycles. The Morgan fingerprint density at radius 2 is 2.08 bits per heavy atom. The first kappa shape index (κ1) is 21.7. The lowest BCUT2D eigenvalue weighted by Gasteiger charge is -2.42. The molecule has 0 saturated carbocycles. The lowest BCUT2D eigenvalue weighted by Crippen LogP contribution is -2.54. The van der Waals surface area contributed by atoms with Crippen LogP contribution >= 0.6 is 12.4 Å². The minimum Gasteiger partial charge on any atom is -0.496 e. The molecule has 2 N–H and O–H groups in total. The van der Waals surface area contributed by atoms with Crippen LogP contribution in [0.5, 0.6) is 5.75 Å². The second-order valence-electron chi connectivity index (χ2n) is 7.52. The highest BCUT2D eigenvalue weighted by atomic mass is 35.5. The van der Waals surface area contributed by atoms with Gasteiger partial charge in [-0.3, -0.25) is 9.69 Å². The predicted molar refractivity (Wildman–Crippen MR) is 104 cm³/mol. The maximum absolute atomic E-state index is 12.7. The first-order chi connectivity index (χ1) is 11.3. The Hall–Kier alpha value is -1.30. The van der Waals surface area contributed by atoms with E-state index in [0.717, 1.165) is 30.8 Å². The Morgan fingerprint density at radius 1 is 1.44 bits per heavy atom. The van der Waals surface area contributed by atoms with Crippen molar-refractivity contribution in [1.82, 2.24) is 9.80 Å². The van der Waals surface area contributed by atoms with Crippen LogP contribution < -0.4 is 10.5 Å². The number of hydrogen-bond donors (Lipinski definition) is 1. The van der Waals surface area contributed by atoms with Gasteiger partial charge in [-0.15, -0.1) is 12.4 Å². The molecule has 5 nitrogen and oxygen atoms in total. The summed E-state index contributed by atoms with van der Waals surface area (Å²) < 4.78 is 5.42. The van der Waals surface area contributed by atoms with Crippen LogP contribution in [0, 0.1) is 5.41 Å². The summed E-state index contributed by atoms with van der Waals surface area (Å²) in [5.41, 5.74) is 7.26. The van der Waals surface area contributed by atoms with Crippen molar-refractivity contribution >= 4 is 18.3 Å². The van der Waals surface area contributed by atoms with Crippen LogP contribution in [0.4, 0.5) is 0 Å². The Bertz CT molecular complexity index is 580. The minimum absolute atomic E-state index is 0. The number of piperidine rings is 1. The number of carbonyl (C=O) groups is 1. The highest BCUT2D eigenvalue weighted by Crippen LogP contribution is 2.30. The van der Waals surface area contributed by atoms with Crippen molar-refractivity contribution in [3.8, 4) is 5.75 Å². The fourth-order valence-corrected chi connectivity index (χ4v) is 3.36. The fraction of sp³-hybridized carbons (Fsp3) is 0.632. The van der Waals surface area contributed by atoms with Gasteiger partial charge in [0.1, 0.15) is 5.75 Å². The van der Waals surface area contributed by atoms with Gasteiger partial charge in [-0.2, -0.15) is 0 Å². The molecule has 25 heavy (non-hydrogen) atoms. The summed E-state index contributed by atoms with van der Waals surface area (Å²) >= 11 is 0. The van der Waals surface area contributed by atoms with Gasteiger partial charge >= 0.3 is 0 Å². The minimum atomic E-state index is -0.0336. The van der Waals surface area contributed by atoms with E-state index in [-0.39, 0.29) is 35.8 Å². The number of nitrogens with two attached hydrogens (primary N) is 1. The lowest BCUT2D eigenvalue weighted by molar-refractivity contribution is -0.133. The van der Waals surface area contributed by atoms with Crippen LogP contribution in [0.2, 0.25) is 0 Å². The normalized spacial score (nSPS) is 21.1. The molecule has 1 aliphatic rings. The quantitative estimate of drug-likeness (QED) is 0.866. The van der Waals surface area contributed by atoms with Crippen molar-refractivity contribution in [2.75, 3.05) is 33.8 Å². The third kappa shape index (κ3) is 5.09. The highest BCUT2D eigenvalue weighted by molar-refractivity contribution is 5.85. The predicted octanol–water partition coefficient (Wildman–Crippen LogP) is 2.70. The molecule has 1 aromatic carbocycles. The molecule has 0 radical (unpaired) electrons. The number of rotatable bonds is 5. The van der Waals surface area contributed by atoms with Crippen LogP contribution in [0.3, 0.4) is 0 Å². The number of benzene rings is 1. The standard InChI is InChI=1S/C19H31N3O2.ClH/c1-14(15-8-6-7-9-16(15)24-5)21(4)18(23)12-22-11-10-17(20)19(2,3)13-22;/h6-9,14,17H,10-13,20H2,1-5H3;1H. The molecule has 1 amide bonds. The number of carbonyl (C=O) groups excluding carboxylic acids is 1. The zero-order valence-corrected chi connectivity index (χ0v) is 16.8. The summed E-state index contributed by atoms with van der Waals surface area (Å²) in [6.07, 6.45) is 0.937. The summed E-state index contributed by atoms with van der Waals surface area (Å²) in [6, 6.07) is 8.02. The van der Waals surface area contributed by atoms with E-state index in [9.17, 15) is 4.79 Å². The van der Waals surface area contributed by atoms with Crippen molar-refractivity contribution in [3.63, 3.8) is 0 Å². The summed E-state index contributed by atoms with van der Waals surface area (Å²) in [4.78, 5) is 16.8. The van der Waals surface area contributed by atoms with Crippen LogP contribution in [-0.2, 0) is 4.79 Å². The number of amides is 1. The van der Waals surface area contributed by atoms with Gasteiger partial charge < -0.3 is 15.4 Å². The largest absolute Gasteiger partial charge is 0.496 e. The number of para-hydroxylation sites is 1. The molecule has 0 spiro atoms. The molecule has 0 bridgehead atoms. The zero-order chi connectivity index (χ0) is 17.9. The highest BCUT2D eigenvalue weighted by Gasteiger charge is 2.34. The van der Waals surface area contributed by atoms with Gasteiger partial charge in [0.05, 0.1) is 19.7 Å². The average Bonchev–Trinajstić information content (AvgIpc) is 2.56. The van der Waals surface area contributed by atoms with Gasteiger partial charge in [0.25, 0.3) is 0 Å².